The summed E-state index contributed by atoms with van der Waals surface area (Å²) in [6.45, 7) is 3.73. The maximum atomic E-state index is 15.2. The van der Waals surface area contributed by atoms with E-state index >= 15 is 4.39 Å². The molecule has 27 heavy (non-hydrogen) atoms. The lowest BCUT2D eigenvalue weighted by atomic mass is 9.85. The summed E-state index contributed by atoms with van der Waals surface area (Å²) in [4.78, 5) is 11.5. The zero-order valence-corrected chi connectivity index (χ0v) is 15.7. The summed E-state index contributed by atoms with van der Waals surface area (Å²) >= 11 is 0. The van der Waals surface area contributed by atoms with Gasteiger partial charge in [-0.3, -0.25) is 4.79 Å². The Morgan fingerprint density at radius 3 is 2.81 bits per heavy atom. The number of benzene rings is 1. The predicted molar refractivity (Wildman–Crippen MR) is 95.2 cm³/mol. The van der Waals surface area contributed by atoms with Crippen molar-refractivity contribution in [3.8, 4) is 5.75 Å². The van der Waals surface area contributed by atoms with Gasteiger partial charge in [0.15, 0.2) is 5.82 Å². The molecule has 2 fully saturated rings. The molecule has 1 aromatic carbocycles. The monoisotopic (exact) mass is 399 g/mol. The lowest BCUT2D eigenvalue weighted by molar-refractivity contribution is -0.117. The Hall–Kier alpha value is -1.91. The van der Waals surface area contributed by atoms with Gasteiger partial charge in [0.25, 0.3) is 5.91 Å². The molecule has 0 radical (unpaired) electrons. The maximum Gasteiger partial charge on any atom is 0.326 e. The summed E-state index contributed by atoms with van der Waals surface area (Å²) in [5, 5.41) is 13.7. The van der Waals surface area contributed by atoms with E-state index in [9.17, 15) is 18.3 Å². The minimum Gasteiger partial charge on any atom is -0.506 e. The van der Waals surface area contributed by atoms with E-state index in [1.807, 2.05) is 0 Å². The number of aromatic hydroxyl groups is 1. The van der Waals surface area contributed by atoms with E-state index in [1.54, 1.807) is 4.72 Å². The molecule has 1 aliphatic carbocycles. The van der Waals surface area contributed by atoms with E-state index < -0.39 is 39.9 Å². The molecule has 1 amide bonds. The molecular weight excluding hydrogens is 377 g/mol. The number of hydrogen-bond acceptors (Lipinski definition) is 6. The van der Waals surface area contributed by atoms with Crippen molar-refractivity contribution in [1.29, 1.82) is 0 Å². The van der Waals surface area contributed by atoms with Gasteiger partial charge in [-0.05, 0) is 36.5 Å². The number of phenolic OH excluding ortho intramolecular Hbond substituents is 1. The molecule has 8 nitrogen and oxygen atoms in total. The number of nitrogens with zero attached hydrogens (tertiary/aromatic N) is 1. The van der Waals surface area contributed by atoms with Gasteiger partial charge >= 0.3 is 10.2 Å². The molecule has 0 aromatic heterocycles. The lowest BCUT2D eigenvalue weighted by Gasteiger charge is -2.40. The summed E-state index contributed by atoms with van der Waals surface area (Å²) in [5.41, 5.74) is 0.679. The minimum atomic E-state index is -4.20. The van der Waals surface area contributed by atoms with Gasteiger partial charge in [-0.25, -0.2) is 13.4 Å². The molecular formula is C17H22FN3O5S. The second kappa shape index (κ2) is 6.32. The van der Waals surface area contributed by atoms with E-state index in [0.29, 0.717) is 41.5 Å². The largest absolute Gasteiger partial charge is 0.506 e. The van der Waals surface area contributed by atoms with Crippen LogP contribution in [0.25, 0.3) is 0 Å². The van der Waals surface area contributed by atoms with Gasteiger partial charge in [-0.1, -0.05) is 6.92 Å². The van der Waals surface area contributed by atoms with Crippen molar-refractivity contribution in [2.24, 2.45) is 5.41 Å². The second-order valence-electron chi connectivity index (χ2n) is 7.86. The lowest BCUT2D eigenvalue weighted by Crippen LogP contribution is -2.50. The van der Waals surface area contributed by atoms with Crippen molar-refractivity contribution in [3.63, 3.8) is 0 Å². The van der Waals surface area contributed by atoms with Crippen molar-refractivity contribution in [2.45, 2.75) is 32.2 Å². The number of carbonyl (C=O) groups excluding carboxylic acids is 1. The molecule has 0 bridgehead atoms. The molecule has 2 heterocycles. The number of carbonyl (C=O) groups is 1. The number of nitrogens with one attached hydrogen (secondary N) is 2. The Labute approximate surface area is 156 Å². The molecule has 148 valence electrons. The van der Waals surface area contributed by atoms with Gasteiger partial charge in [0.2, 0.25) is 0 Å². The van der Waals surface area contributed by atoms with Crippen LogP contribution in [0, 0.1) is 11.2 Å². The standard InChI is InChI=1S/C17H22FN3O5S/c1-17(8-26-9-17)7-19-11-3-2-10-4-13(22)16(15(18)12(10)5-11)21-6-14(23)20-27(21,24)25/h4,11,19,22H,2-3,5-9H2,1H3,(H,20,23)/t11-/m1/s1. The Morgan fingerprint density at radius 1 is 1.48 bits per heavy atom. The van der Waals surface area contributed by atoms with E-state index in [-0.39, 0.29) is 11.5 Å². The van der Waals surface area contributed by atoms with E-state index in [4.69, 9.17) is 4.74 Å². The molecule has 10 heteroatoms. The van der Waals surface area contributed by atoms with Crippen molar-refractivity contribution in [2.75, 3.05) is 30.6 Å². The second-order valence-corrected chi connectivity index (χ2v) is 9.45. The first-order valence-corrected chi connectivity index (χ1v) is 10.3. The minimum absolute atomic E-state index is 0.0526. The Morgan fingerprint density at radius 2 is 2.22 bits per heavy atom. The number of anilines is 1. The predicted octanol–water partition coefficient (Wildman–Crippen LogP) is 0.196. The third-order valence-corrected chi connectivity index (χ3v) is 6.79. The average molecular weight is 399 g/mol. The first-order valence-electron chi connectivity index (χ1n) is 8.86. The summed E-state index contributed by atoms with van der Waals surface area (Å²) < 4.78 is 46.9. The molecule has 4 rings (SSSR count). The number of rotatable bonds is 4. The quantitative estimate of drug-likeness (QED) is 0.667. The molecule has 0 saturated carbocycles. The third kappa shape index (κ3) is 3.26. The van der Waals surface area contributed by atoms with Crippen LogP contribution < -0.4 is 14.3 Å². The highest BCUT2D eigenvalue weighted by atomic mass is 32.2. The first kappa shape index (κ1) is 18.5. The number of halogens is 1. The number of aryl methyl sites for hydroxylation is 1. The number of hydrogen-bond donors (Lipinski definition) is 3. The number of amides is 1. The van der Waals surface area contributed by atoms with Crippen molar-refractivity contribution in [1.82, 2.24) is 10.0 Å². The smallest absolute Gasteiger partial charge is 0.326 e. The number of phenols is 1. The SMILES string of the molecule is CC1(CN[C@@H]2CCc3cc(O)c(N4CC(=O)NS4(=O)=O)c(F)c3C2)COC1. The molecule has 3 N–H and O–H groups in total. The molecule has 0 unspecified atom stereocenters. The van der Waals surface area contributed by atoms with Crippen molar-refractivity contribution < 1.29 is 27.4 Å². The molecule has 2 saturated heterocycles. The van der Waals surface area contributed by atoms with Crippen LogP contribution >= 0.6 is 0 Å². The Bertz CT molecular complexity index is 900. The van der Waals surface area contributed by atoms with Crippen LogP contribution in [0.2, 0.25) is 0 Å². The van der Waals surface area contributed by atoms with Crippen LogP contribution in [0.4, 0.5) is 10.1 Å². The summed E-state index contributed by atoms with van der Waals surface area (Å²) in [7, 11) is -4.20. The zero-order valence-electron chi connectivity index (χ0n) is 14.9. The van der Waals surface area contributed by atoms with Gasteiger partial charge in [0.05, 0.1) is 13.2 Å². The topological polar surface area (TPSA) is 108 Å². The van der Waals surface area contributed by atoms with Crippen LogP contribution in [0.5, 0.6) is 5.75 Å². The fourth-order valence-electron chi connectivity index (χ4n) is 3.84. The average Bonchev–Trinajstić information content (AvgIpc) is 2.84. The molecule has 3 aliphatic rings. The van der Waals surface area contributed by atoms with Crippen LogP contribution in [-0.4, -0.2) is 51.8 Å². The van der Waals surface area contributed by atoms with Crippen LogP contribution in [0.3, 0.4) is 0 Å². The molecule has 1 atom stereocenters. The normalized spacial score (nSPS) is 25.6. The highest BCUT2D eigenvalue weighted by Crippen LogP contribution is 2.39. The fraction of sp³-hybridized carbons (Fsp3) is 0.588. The van der Waals surface area contributed by atoms with Gasteiger partial charge < -0.3 is 15.2 Å². The highest BCUT2D eigenvalue weighted by Gasteiger charge is 2.39. The van der Waals surface area contributed by atoms with E-state index in [1.165, 1.54) is 6.07 Å². The van der Waals surface area contributed by atoms with Crippen molar-refractivity contribution >= 4 is 21.8 Å². The van der Waals surface area contributed by atoms with E-state index in [0.717, 1.165) is 13.0 Å². The number of ether oxygens (including phenoxy) is 1. The van der Waals surface area contributed by atoms with Gasteiger partial charge in [0, 0.05) is 18.0 Å². The number of fused-ring (bicyclic) bond motifs is 1. The van der Waals surface area contributed by atoms with Gasteiger partial charge in [0.1, 0.15) is 18.0 Å². The maximum absolute atomic E-state index is 15.2. The zero-order chi connectivity index (χ0) is 19.4. The summed E-state index contributed by atoms with van der Waals surface area (Å²) in [5.74, 6) is -2.02. The summed E-state index contributed by atoms with van der Waals surface area (Å²) in [6, 6.07) is 1.46. The molecule has 1 aromatic rings. The Kier molecular flexibility index (Phi) is 4.32. The molecule has 0 spiro atoms. The highest BCUT2D eigenvalue weighted by molar-refractivity contribution is 7.92. The van der Waals surface area contributed by atoms with Crippen molar-refractivity contribution in [3.05, 3.63) is 23.0 Å². The van der Waals surface area contributed by atoms with Crippen LogP contribution in [-0.2, 0) is 32.6 Å². The van der Waals surface area contributed by atoms with Gasteiger partial charge in [-0.15, -0.1) is 0 Å². The third-order valence-electron chi connectivity index (χ3n) is 5.41. The Balaban J connectivity index is 1.60. The molecule has 2 aliphatic heterocycles. The van der Waals surface area contributed by atoms with Crippen LogP contribution in [0.15, 0.2) is 6.07 Å². The van der Waals surface area contributed by atoms with Crippen LogP contribution in [0.1, 0.15) is 24.5 Å². The first-order chi connectivity index (χ1) is 12.7. The summed E-state index contributed by atoms with van der Waals surface area (Å²) in [6.07, 6.45) is 1.76. The fourth-order valence-corrected chi connectivity index (χ4v) is 5.00. The van der Waals surface area contributed by atoms with E-state index in [2.05, 4.69) is 12.2 Å². The van der Waals surface area contributed by atoms with Gasteiger partial charge in [-0.2, -0.15) is 8.42 Å².